The van der Waals surface area contributed by atoms with Gasteiger partial charge in [-0.25, -0.2) is 0 Å². The van der Waals surface area contributed by atoms with E-state index in [0.29, 0.717) is 6.04 Å². The summed E-state index contributed by atoms with van der Waals surface area (Å²) in [6.07, 6.45) is 1.07. The molecule has 0 radical (unpaired) electrons. The molecule has 0 amide bonds. The maximum absolute atomic E-state index is 3.53. The van der Waals surface area contributed by atoms with Crippen LogP contribution in [0.25, 0.3) is 0 Å². The van der Waals surface area contributed by atoms with Gasteiger partial charge in [0, 0.05) is 10.5 Å². The first kappa shape index (κ1) is 9.75. The number of hydrogen-bond acceptors (Lipinski definition) is 1. The van der Waals surface area contributed by atoms with Gasteiger partial charge in [-0.15, -0.1) is 0 Å². The molecular weight excluding hydrogens is 214 g/mol. The van der Waals surface area contributed by atoms with E-state index in [2.05, 4.69) is 46.4 Å². The molecule has 1 nitrogen and oxygen atoms in total. The van der Waals surface area contributed by atoms with Crippen LogP contribution in [-0.2, 0) is 6.42 Å². The van der Waals surface area contributed by atoms with Crippen LogP contribution in [0, 0.1) is 0 Å². The van der Waals surface area contributed by atoms with Crippen LogP contribution in [0.2, 0.25) is 0 Å². The predicted molar refractivity (Wildman–Crippen MR) is 56.4 cm³/mol. The van der Waals surface area contributed by atoms with Gasteiger partial charge in [0.05, 0.1) is 0 Å². The first-order chi connectivity index (χ1) is 5.74. The number of rotatable bonds is 3. The molecule has 0 saturated carbocycles. The zero-order valence-corrected chi connectivity index (χ0v) is 9.06. The van der Waals surface area contributed by atoms with Gasteiger partial charge in [0.2, 0.25) is 0 Å². The Morgan fingerprint density at radius 3 is 2.67 bits per heavy atom. The summed E-state index contributed by atoms with van der Waals surface area (Å²) in [5.74, 6) is 0. The smallest absolute Gasteiger partial charge is 0.0207 e. The highest BCUT2D eigenvalue weighted by atomic mass is 79.9. The molecule has 1 aromatic carbocycles. The molecule has 0 bridgehead atoms. The molecule has 0 heterocycles. The van der Waals surface area contributed by atoms with Crippen molar-refractivity contribution in [3.8, 4) is 0 Å². The van der Waals surface area contributed by atoms with E-state index in [1.54, 1.807) is 0 Å². The molecule has 0 spiro atoms. The van der Waals surface area contributed by atoms with Crippen LogP contribution in [0.3, 0.4) is 0 Å². The highest BCUT2D eigenvalue weighted by Crippen LogP contribution is 2.17. The predicted octanol–water partition coefficient (Wildman–Crippen LogP) is 2.60. The van der Waals surface area contributed by atoms with Crippen molar-refractivity contribution in [1.82, 2.24) is 5.32 Å². The van der Waals surface area contributed by atoms with Gasteiger partial charge >= 0.3 is 0 Å². The zero-order chi connectivity index (χ0) is 8.97. The maximum Gasteiger partial charge on any atom is 0.0207 e. The number of benzene rings is 1. The monoisotopic (exact) mass is 227 g/mol. The Morgan fingerprint density at radius 1 is 1.42 bits per heavy atom. The lowest BCUT2D eigenvalue weighted by Crippen LogP contribution is -2.23. The average molecular weight is 228 g/mol. The van der Waals surface area contributed by atoms with Crippen molar-refractivity contribution in [2.75, 3.05) is 7.05 Å². The van der Waals surface area contributed by atoms with Crippen LogP contribution in [0.5, 0.6) is 0 Å². The minimum absolute atomic E-state index is 0.531. The Morgan fingerprint density at radius 2 is 2.08 bits per heavy atom. The van der Waals surface area contributed by atoms with Gasteiger partial charge in [0.25, 0.3) is 0 Å². The lowest BCUT2D eigenvalue weighted by molar-refractivity contribution is 0.607. The molecule has 0 saturated heterocycles. The topological polar surface area (TPSA) is 12.0 Å². The second-order valence-electron chi connectivity index (χ2n) is 2.99. The van der Waals surface area contributed by atoms with Crippen LogP contribution in [-0.4, -0.2) is 13.1 Å². The summed E-state index contributed by atoms with van der Waals surface area (Å²) in [4.78, 5) is 0. The molecule has 0 fully saturated rings. The zero-order valence-electron chi connectivity index (χ0n) is 7.47. The first-order valence-corrected chi connectivity index (χ1v) is 4.94. The molecule has 1 unspecified atom stereocenters. The number of likely N-dealkylation sites (N-methyl/N-ethyl adjacent to an activating group) is 1. The summed E-state index contributed by atoms with van der Waals surface area (Å²) in [6, 6.07) is 8.87. The minimum atomic E-state index is 0.531. The highest BCUT2D eigenvalue weighted by Gasteiger charge is 2.02. The van der Waals surface area contributed by atoms with Gasteiger partial charge in [-0.1, -0.05) is 34.1 Å². The lowest BCUT2D eigenvalue weighted by atomic mass is 10.1. The molecule has 1 atom stereocenters. The molecule has 0 aliphatic carbocycles. The van der Waals surface area contributed by atoms with Gasteiger partial charge < -0.3 is 5.32 Å². The molecular formula is C10H14BrN. The first-order valence-electron chi connectivity index (χ1n) is 4.14. The Hall–Kier alpha value is -0.340. The lowest BCUT2D eigenvalue weighted by Gasteiger charge is -2.10. The fraction of sp³-hybridized carbons (Fsp3) is 0.400. The van der Waals surface area contributed by atoms with Crippen LogP contribution < -0.4 is 5.32 Å². The molecule has 1 aromatic rings. The van der Waals surface area contributed by atoms with Gasteiger partial charge in [-0.2, -0.15) is 0 Å². The molecule has 0 aliphatic rings. The van der Waals surface area contributed by atoms with E-state index in [0.717, 1.165) is 6.42 Å². The summed E-state index contributed by atoms with van der Waals surface area (Å²) < 4.78 is 1.20. The Kier molecular flexibility index (Phi) is 3.76. The Labute approximate surface area is 82.3 Å². The number of halogens is 1. The number of nitrogens with one attached hydrogen (secondary N) is 1. The molecule has 0 aromatic heterocycles. The standard InChI is InChI=1S/C10H14BrN/c1-8(12-2)7-9-5-3-4-6-10(9)11/h3-6,8,12H,7H2,1-2H3. The van der Waals surface area contributed by atoms with Gasteiger partial charge in [-0.3, -0.25) is 0 Å². The van der Waals surface area contributed by atoms with Crippen LogP contribution in [0.4, 0.5) is 0 Å². The molecule has 1 N–H and O–H groups in total. The molecule has 2 heteroatoms. The van der Waals surface area contributed by atoms with Crippen molar-refractivity contribution >= 4 is 15.9 Å². The van der Waals surface area contributed by atoms with E-state index in [9.17, 15) is 0 Å². The van der Waals surface area contributed by atoms with Crippen molar-refractivity contribution < 1.29 is 0 Å². The maximum atomic E-state index is 3.53. The normalized spacial score (nSPS) is 12.9. The van der Waals surface area contributed by atoms with Crippen LogP contribution >= 0.6 is 15.9 Å². The van der Waals surface area contributed by atoms with Crippen molar-refractivity contribution in [2.45, 2.75) is 19.4 Å². The van der Waals surface area contributed by atoms with E-state index in [1.165, 1.54) is 10.0 Å². The SMILES string of the molecule is CNC(C)Cc1ccccc1Br. The highest BCUT2D eigenvalue weighted by molar-refractivity contribution is 9.10. The summed E-state index contributed by atoms with van der Waals surface area (Å²) in [7, 11) is 1.99. The van der Waals surface area contributed by atoms with Crippen LogP contribution in [0.15, 0.2) is 28.7 Å². The summed E-state index contributed by atoms with van der Waals surface area (Å²) in [5, 5.41) is 3.22. The van der Waals surface area contributed by atoms with E-state index in [4.69, 9.17) is 0 Å². The Bertz CT molecular complexity index is 247. The third-order valence-corrected chi connectivity index (χ3v) is 2.75. The second kappa shape index (κ2) is 4.63. The number of hydrogen-bond donors (Lipinski definition) is 1. The summed E-state index contributed by atoms with van der Waals surface area (Å²) in [6.45, 7) is 2.18. The van der Waals surface area contributed by atoms with Crippen LogP contribution in [0.1, 0.15) is 12.5 Å². The molecule has 0 aliphatic heterocycles. The summed E-state index contributed by atoms with van der Waals surface area (Å²) in [5.41, 5.74) is 1.36. The second-order valence-corrected chi connectivity index (χ2v) is 3.84. The summed E-state index contributed by atoms with van der Waals surface area (Å²) >= 11 is 3.53. The van der Waals surface area contributed by atoms with Crippen molar-refractivity contribution in [3.63, 3.8) is 0 Å². The van der Waals surface area contributed by atoms with Gasteiger partial charge in [0.1, 0.15) is 0 Å². The van der Waals surface area contributed by atoms with Gasteiger partial charge in [-0.05, 0) is 32.0 Å². The van der Waals surface area contributed by atoms with Crippen molar-refractivity contribution in [2.24, 2.45) is 0 Å². The minimum Gasteiger partial charge on any atom is -0.317 e. The molecule has 12 heavy (non-hydrogen) atoms. The third kappa shape index (κ3) is 2.61. The van der Waals surface area contributed by atoms with E-state index in [1.807, 2.05) is 13.1 Å². The Balaban J connectivity index is 2.69. The average Bonchev–Trinajstić information content (AvgIpc) is 2.09. The third-order valence-electron chi connectivity index (χ3n) is 1.98. The van der Waals surface area contributed by atoms with E-state index < -0.39 is 0 Å². The van der Waals surface area contributed by atoms with Gasteiger partial charge in [0.15, 0.2) is 0 Å². The molecule has 66 valence electrons. The van der Waals surface area contributed by atoms with Crippen molar-refractivity contribution in [3.05, 3.63) is 34.3 Å². The molecule has 1 rings (SSSR count). The largest absolute Gasteiger partial charge is 0.317 e. The van der Waals surface area contributed by atoms with E-state index >= 15 is 0 Å². The van der Waals surface area contributed by atoms with E-state index in [-0.39, 0.29) is 0 Å². The fourth-order valence-corrected chi connectivity index (χ4v) is 1.54. The fourth-order valence-electron chi connectivity index (χ4n) is 1.10. The quantitative estimate of drug-likeness (QED) is 0.838. The van der Waals surface area contributed by atoms with Crippen molar-refractivity contribution in [1.29, 1.82) is 0 Å².